The molecular formula is C20H18N2O3S. The molecule has 1 unspecified atom stereocenters. The van der Waals surface area contributed by atoms with E-state index in [0.717, 1.165) is 10.9 Å². The molecule has 5 nitrogen and oxygen atoms in total. The standard InChI is InChI=1S/C20H18N2O3S/c1-14(16-9-7-15(13-21)8-10-16)22-26(23,24)20-12-11-19(25-2)17-5-3-4-6-18(17)20/h3-12,14,22H,1-2H3. The second kappa shape index (κ2) is 7.16. The summed E-state index contributed by atoms with van der Waals surface area (Å²) in [6, 6.07) is 18.9. The summed E-state index contributed by atoms with van der Waals surface area (Å²) < 4.78 is 33.9. The predicted molar refractivity (Wildman–Crippen MR) is 100 cm³/mol. The van der Waals surface area contributed by atoms with Gasteiger partial charge in [-0.1, -0.05) is 36.4 Å². The minimum atomic E-state index is -3.75. The number of rotatable bonds is 5. The summed E-state index contributed by atoms with van der Waals surface area (Å²) in [5.41, 5.74) is 1.32. The highest BCUT2D eigenvalue weighted by molar-refractivity contribution is 7.89. The Morgan fingerprint density at radius 3 is 2.27 bits per heavy atom. The first-order valence-corrected chi connectivity index (χ1v) is 9.52. The van der Waals surface area contributed by atoms with Crippen molar-refractivity contribution < 1.29 is 13.2 Å². The topological polar surface area (TPSA) is 79.2 Å². The van der Waals surface area contributed by atoms with Gasteiger partial charge in [-0.05, 0) is 36.8 Å². The number of nitrogens with zero attached hydrogens (tertiary/aromatic N) is 1. The van der Waals surface area contributed by atoms with E-state index in [4.69, 9.17) is 10.00 Å². The molecule has 0 fully saturated rings. The van der Waals surface area contributed by atoms with Gasteiger partial charge in [-0.2, -0.15) is 5.26 Å². The first kappa shape index (κ1) is 17.9. The third-order valence-corrected chi connectivity index (χ3v) is 5.82. The molecule has 0 saturated carbocycles. The molecule has 6 heteroatoms. The number of methoxy groups -OCH3 is 1. The van der Waals surface area contributed by atoms with Crippen molar-refractivity contribution in [1.29, 1.82) is 5.26 Å². The second-order valence-corrected chi connectivity index (χ2v) is 7.57. The summed E-state index contributed by atoms with van der Waals surface area (Å²) in [7, 11) is -2.19. The van der Waals surface area contributed by atoms with Crippen LogP contribution in [0.25, 0.3) is 10.8 Å². The van der Waals surface area contributed by atoms with Gasteiger partial charge in [-0.25, -0.2) is 13.1 Å². The van der Waals surface area contributed by atoms with E-state index in [-0.39, 0.29) is 4.90 Å². The monoisotopic (exact) mass is 366 g/mol. The molecule has 0 heterocycles. The highest BCUT2D eigenvalue weighted by atomic mass is 32.2. The van der Waals surface area contributed by atoms with E-state index in [1.165, 1.54) is 0 Å². The van der Waals surface area contributed by atoms with Crippen LogP contribution < -0.4 is 9.46 Å². The van der Waals surface area contributed by atoms with Crippen LogP contribution in [0.5, 0.6) is 5.75 Å². The van der Waals surface area contributed by atoms with Gasteiger partial charge in [-0.15, -0.1) is 0 Å². The van der Waals surface area contributed by atoms with Gasteiger partial charge in [0.25, 0.3) is 0 Å². The molecule has 3 rings (SSSR count). The highest BCUT2D eigenvalue weighted by Crippen LogP contribution is 2.31. The fraction of sp³-hybridized carbons (Fsp3) is 0.150. The number of benzene rings is 3. The average molecular weight is 366 g/mol. The molecule has 0 bridgehead atoms. The van der Waals surface area contributed by atoms with E-state index in [1.54, 1.807) is 62.6 Å². The van der Waals surface area contributed by atoms with Crippen molar-refractivity contribution >= 4 is 20.8 Å². The van der Waals surface area contributed by atoms with Gasteiger partial charge in [-0.3, -0.25) is 0 Å². The van der Waals surface area contributed by atoms with Crippen LogP contribution in [0.1, 0.15) is 24.1 Å². The molecule has 0 amide bonds. The van der Waals surface area contributed by atoms with Gasteiger partial charge < -0.3 is 4.74 Å². The number of ether oxygens (including phenoxy) is 1. The Kier molecular flexibility index (Phi) is 4.94. The molecular weight excluding hydrogens is 348 g/mol. The van der Waals surface area contributed by atoms with Gasteiger partial charge in [0.2, 0.25) is 10.0 Å². The molecule has 0 saturated heterocycles. The molecule has 0 aliphatic heterocycles. The van der Waals surface area contributed by atoms with Crippen LogP contribution in [0.4, 0.5) is 0 Å². The van der Waals surface area contributed by atoms with Gasteiger partial charge in [0.15, 0.2) is 0 Å². The van der Waals surface area contributed by atoms with Gasteiger partial charge in [0.1, 0.15) is 5.75 Å². The number of hydrogen-bond donors (Lipinski definition) is 1. The molecule has 1 atom stereocenters. The smallest absolute Gasteiger partial charge is 0.241 e. The maximum atomic E-state index is 12.9. The molecule has 3 aromatic rings. The third kappa shape index (κ3) is 3.40. The molecule has 0 spiro atoms. The van der Waals surface area contributed by atoms with E-state index < -0.39 is 16.1 Å². The molecule has 3 aromatic carbocycles. The summed E-state index contributed by atoms with van der Waals surface area (Å²) >= 11 is 0. The van der Waals surface area contributed by atoms with Crippen molar-refractivity contribution in [2.75, 3.05) is 7.11 Å². The SMILES string of the molecule is COc1ccc(S(=O)(=O)NC(C)c2ccc(C#N)cc2)c2ccccc12. The van der Waals surface area contributed by atoms with E-state index in [1.807, 2.05) is 18.2 Å². The van der Waals surface area contributed by atoms with Gasteiger partial charge in [0.05, 0.1) is 23.6 Å². The maximum absolute atomic E-state index is 12.9. The number of hydrogen-bond acceptors (Lipinski definition) is 4. The number of nitriles is 1. The van der Waals surface area contributed by atoms with Crippen molar-refractivity contribution in [1.82, 2.24) is 4.72 Å². The fourth-order valence-corrected chi connectivity index (χ4v) is 4.31. The number of fused-ring (bicyclic) bond motifs is 1. The summed E-state index contributed by atoms with van der Waals surface area (Å²) in [6.45, 7) is 1.77. The molecule has 0 aromatic heterocycles. The van der Waals surface area contributed by atoms with Crippen LogP contribution in [0.15, 0.2) is 65.6 Å². The maximum Gasteiger partial charge on any atom is 0.241 e. The van der Waals surface area contributed by atoms with Crippen molar-refractivity contribution in [2.45, 2.75) is 17.9 Å². The second-order valence-electron chi connectivity index (χ2n) is 5.89. The zero-order chi connectivity index (χ0) is 18.7. The van der Waals surface area contributed by atoms with Gasteiger partial charge in [0, 0.05) is 16.8 Å². The fourth-order valence-electron chi connectivity index (χ4n) is 2.87. The van der Waals surface area contributed by atoms with E-state index in [2.05, 4.69) is 4.72 Å². The highest BCUT2D eigenvalue weighted by Gasteiger charge is 2.21. The Morgan fingerprint density at radius 2 is 1.65 bits per heavy atom. The summed E-state index contributed by atoms with van der Waals surface area (Å²) in [5.74, 6) is 0.625. The van der Waals surface area contributed by atoms with Crippen LogP contribution >= 0.6 is 0 Å². The first-order chi connectivity index (χ1) is 12.5. The number of nitrogens with one attached hydrogen (secondary N) is 1. The minimum absolute atomic E-state index is 0.203. The van der Waals surface area contributed by atoms with Crippen LogP contribution in [0, 0.1) is 11.3 Å². The lowest BCUT2D eigenvalue weighted by molar-refractivity contribution is 0.419. The minimum Gasteiger partial charge on any atom is -0.496 e. The molecule has 26 heavy (non-hydrogen) atoms. The lowest BCUT2D eigenvalue weighted by Gasteiger charge is -2.16. The van der Waals surface area contributed by atoms with Crippen LogP contribution in [0.3, 0.4) is 0 Å². The zero-order valence-corrected chi connectivity index (χ0v) is 15.2. The van der Waals surface area contributed by atoms with Crippen molar-refractivity contribution in [3.63, 3.8) is 0 Å². The Bertz CT molecular complexity index is 1080. The van der Waals surface area contributed by atoms with E-state index in [0.29, 0.717) is 16.7 Å². The lowest BCUT2D eigenvalue weighted by Crippen LogP contribution is -2.27. The molecule has 132 valence electrons. The number of sulfonamides is 1. The van der Waals surface area contributed by atoms with Crippen molar-refractivity contribution in [3.8, 4) is 11.8 Å². The summed E-state index contributed by atoms with van der Waals surface area (Å²) in [4.78, 5) is 0.203. The Labute approximate surface area is 152 Å². The van der Waals surface area contributed by atoms with Crippen LogP contribution in [-0.4, -0.2) is 15.5 Å². The normalized spacial score (nSPS) is 12.5. The summed E-state index contributed by atoms with van der Waals surface area (Å²) in [6.07, 6.45) is 0. The molecule has 0 aliphatic rings. The van der Waals surface area contributed by atoms with Crippen molar-refractivity contribution in [3.05, 3.63) is 71.8 Å². The average Bonchev–Trinajstić information content (AvgIpc) is 2.66. The Balaban J connectivity index is 1.98. The van der Waals surface area contributed by atoms with Crippen LogP contribution in [0.2, 0.25) is 0 Å². The first-order valence-electron chi connectivity index (χ1n) is 8.04. The zero-order valence-electron chi connectivity index (χ0n) is 14.4. The van der Waals surface area contributed by atoms with Crippen LogP contribution in [-0.2, 0) is 10.0 Å². The largest absolute Gasteiger partial charge is 0.496 e. The van der Waals surface area contributed by atoms with E-state index in [9.17, 15) is 8.42 Å². The van der Waals surface area contributed by atoms with Crippen molar-refractivity contribution in [2.24, 2.45) is 0 Å². The molecule has 0 radical (unpaired) electrons. The quantitative estimate of drug-likeness (QED) is 0.746. The molecule has 0 aliphatic carbocycles. The Hall–Kier alpha value is -2.88. The lowest BCUT2D eigenvalue weighted by atomic mass is 10.1. The third-order valence-electron chi connectivity index (χ3n) is 4.23. The van der Waals surface area contributed by atoms with Gasteiger partial charge >= 0.3 is 0 Å². The Morgan fingerprint density at radius 1 is 1.00 bits per heavy atom. The summed E-state index contributed by atoms with van der Waals surface area (Å²) in [5, 5.41) is 10.2. The molecule has 1 N–H and O–H groups in total. The predicted octanol–water partition coefficient (Wildman–Crippen LogP) is 3.76. The van der Waals surface area contributed by atoms with E-state index >= 15 is 0 Å².